The van der Waals surface area contributed by atoms with E-state index in [0.29, 0.717) is 13.0 Å². The van der Waals surface area contributed by atoms with Crippen molar-refractivity contribution in [2.75, 3.05) is 19.4 Å². The van der Waals surface area contributed by atoms with Gasteiger partial charge in [-0.25, -0.2) is 4.79 Å². The lowest BCUT2D eigenvalue weighted by Gasteiger charge is -2.14. The van der Waals surface area contributed by atoms with Crippen LogP contribution in [0.4, 0.5) is 5.69 Å². The van der Waals surface area contributed by atoms with Crippen LogP contribution < -0.4 is 15.8 Å². The highest BCUT2D eigenvalue weighted by atomic mass is 35.5. The van der Waals surface area contributed by atoms with E-state index in [9.17, 15) is 9.59 Å². The summed E-state index contributed by atoms with van der Waals surface area (Å²) in [7, 11) is 1.61. The minimum Gasteiger partial charge on any atom is -0.497 e. The summed E-state index contributed by atoms with van der Waals surface area (Å²) in [6.45, 7) is 1.92. The number of esters is 1. The van der Waals surface area contributed by atoms with Gasteiger partial charge in [0.15, 0.2) is 6.10 Å². The molecule has 0 heterocycles. The number of hydrogen-bond donors (Lipinski definition) is 2. The van der Waals surface area contributed by atoms with Gasteiger partial charge in [-0.3, -0.25) is 4.79 Å². The van der Waals surface area contributed by atoms with Crippen LogP contribution in [0.15, 0.2) is 42.5 Å². The topological polar surface area (TPSA) is 90.6 Å². The van der Waals surface area contributed by atoms with E-state index in [2.05, 4.69) is 5.32 Å². The summed E-state index contributed by atoms with van der Waals surface area (Å²) in [4.78, 5) is 24.2. The molecule has 0 bridgehead atoms. The molecule has 1 unspecified atom stereocenters. The molecule has 6 nitrogen and oxygen atoms in total. The lowest BCUT2D eigenvalue weighted by atomic mass is 10.1. The Balaban J connectivity index is 1.83. The molecule has 0 aliphatic carbocycles. The molecular formula is C19H21ClN2O4. The second-order valence-corrected chi connectivity index (χ2v) is 6.04. The SMILES string of the molecule is COc1ccc(CCNC(=O)C(C)OC(=O)c2cccc(Cl)c2N)cc1. The van der Waals surface area contributed by atoms with Crippen LogP contribution in [0.5, 0.6) is 5.75 Å². The average molecular weight is 377 g/mol. The van der Waals surface area contributed by atoms with Gasteiger partial charge in [0, 0.05) is 6.54 Å². The zero-order chi connectivity index (χ0) is 19.1. The van der Waals surface area contributed by atoms with Gasteiger partial charge in [0.1, 0.15) is 5.75 Å². The van der Waals surface area contributed by atoms with Crippen molar-refractivity contribution in [3.8, 4) is 5.75 Å². The Hall–Kier alpha value is -2.73. The van der Waals surface area contributed by atoms with E-state index in [-0.39, 0.29) is 22.2 Å². The number of benzene rings is 2. The molecule has 1 atom stereocenters. The first-order valence-corrected chi connectivity index (χ1v) is 8.45. The van der Waals surface area contributed by atoms with Crippen molar-refractivity contribution in [1.29, 1.82) is 0 Å². The third-order valence-electron chi connectivity index (χ3n) is 3.80. The van der Waals surface area contributed by atoms with E-state index in [1.54, 1.807) is 19.2 Å². The highest BCUT2D eigenvalue weighted by Gasteiger charge is 2.20. The Morgan fingerprint density at radius 1 is 1.19 bits per heavy atom. The van der Waals surface area contributed by atoms with E-state index < -0.39 is 12.1 Å². The molecule has 0 aromatic heterocycles. The number of halogens is 1. The number of nitrogens with one attached hydrogen (secondary N) is 1. The van der Waals surface area contributed by atoms with Crippen LogP contribution in [0.1, 0.15) is 22.8 Å². The Morgan fingerprint density at radius 2 is 1.88 bits per heavy atom. The van der Waals surface area contributed by atoms with Gasteiger partial charge in [0.2, 0.25) is 0 Å². The molecular weight excluding hydrogens is 356 g/mol. The zero-order valence-corrected chi connectivity index (χ0v) is 15.4. The molecule has 1 amide bonds. The molecule has 3 N–H and O–H groups in total. The molecule has 7 heteroatoms. The molecule has 2 aromatic rings. The summed E-state index contributed by atoms with van der Waals surface area (Å²) in [5, 5.41) is 3.00. The Bertz CT molecular complexity index is 778. The minimum atomic E-state index is -0.947. The Labute approximate surface area is 157 Å². The monoisotopic (exact) mass is 376 g/mol. The highest BCUT2D eigenvalue weighted by molar-refractivity contribution is 6.33. The van der Waals surface area contributed by atoms with E-state index in [0.717, 1.165) is 11.3 Å². The molecule has 0 spiro atoms. The first-order valence-electron chi connectivity index (χ1n) is 8.08. The maximum absolute atomic E-state index is 12.1. The van der Waals surface area contributed by atoms with Gasteiger partial charge in [-0.05, 0) is 43.2 Å². The van der Waals surface area contributed by atoms with E-state index in [1.165, 1.54) is 13.0 Å². The lowest BCUT2D eigenvalue weighted by Crippen LogP contribution is -2.37. The first-order chi connectivity index (χ1) is 12.4. The number of methoxy groups -OCH3 is 1. The van der Waals surface area contributed by atoms with Gasteiger partial charge in [-0.1, -0.05) is 29.8 Å². The van der Waals surface area contributed by atoms with Crippen molar-refractivity contribution in [2.24, 2.45) is 0 Å². The van der Waals surface area contributed by atoms with Crippen molar-refractivity contribution < 1.29 is 19.1 Å². The standard InChI is InChI=1S/C19H21ClN2O4/c1-12(26-19(24)15-4-3-5-16(20)17(15)21)18(23)22-11-10-13-6-8-14(25-2)9-7-13/h3-9,12H,10-11,21H2,1-2H3,(H,22,23). The maximum atomic E-state index is 12.1. The molecule has 2 aromatic carbocycles. The predicted molar refractivity (Wildman–Crippen MR) is 100 cm³/mol. The van der Waals surface area contributed by atoms with Crippen molar-refractivity contribution in [3.63, 3.8) is 0 Å². The van der Waals surface area contributed by atoms with Crippen LogP contribution in [0, 0.1) is 0 Å². The molecule has 0 aliphatic rings. The molecule has 26 heavy (non-hydrogen) atoms. The van der Waals surface area contributed by atoms with E-state index in [1.807, 2.05) is 24.3 Å². The largest absolute Gasteiger partial charge is 0.497 e. The number of amides is 1. The quantitative estimate of drug-likeness (QED) is 0.572. The molecule has 138 valence electrons. The third kappa shape index (κ3) is 5.13. The van der Waals surface area contributed by atoms with Crippen LogP contribution >= 0.6 is 11.6 Å². The number of carbonyl (C=O) groups is 2. The third-order valence-corrected chi connectivity index (χ3v) is 4.13. The van der Waals surface area contributed by atoms with Gasteiger partial charge in [-0.15, -0.1) is 0 Å². The van der Waals surface area contributed by atoms with Crippen LogP contribution in [0.2, 0.25) is 5.02 Å². The number of carbonyl (C=O) groups excluding carboxylic acids is 2. The van der Waals surface area contributed by atoms with Gasteiger partial charge in [0.05, 0.1) is 23.4 Å². The summed E-state index contributed by atoms with van der Waals surface area (Å²) in [6.07, 6.45) is -0.297. The Kier molecular flexibility index (Phi) is 6.86. The summed E-state index contributed by atoms with van der Waals surface area (Å²) >= 11 is 5.88. The molecule has 2 rings (SSSR count). The second-order valence-electron chi connectivity index (χ2n) is 5.64. The number of hydrogen-bond acceptors (Lipinski definition) is 5. The number of para-hydroxylation sites is 1. The number of ether oxygens (including phenoxy) is 2. The lowest BCUT2D eigenvalue weighted by molar-refractivity contribution is -0.129. The molecule has 0 fully saturated rings. The fraction of sp³-hybridized carbons (Fsp3) is 0.263. The second kappa shape index (κ2) is 9.10. The number of anilines is 1. The van der Waals surface area contributed by atoms with E-state index in [4.69, 9.17) is 26.8 Å². The van der Waals surface area contributed by atoms with Crippen molar-refractivity contribution in [3.05, 3.63) is 58.6 Å². The molecule has 0 saturated heterocycles. The van der Waals surface area contributed by atoms with Gasteiger partial charge in [0.25, 0.3) is 5.91 Å². The smallest absolute Gasteiger partial charge is 0.341 e. The molecule has 0 saturated carbocycles. The molecule has 0 aliphatic heterocycles. The normalized spacial score (nSPS) is 11.5. The number of nitrogens with two attached hydrogens (primary N) is 1. The van der Waals surface area contributed by atoms with Crippen LogP contribution in [0.3, 0.4) is 0 Å². The average Bonchev–Trinajstić information content (AvgIpc) is 2.64. The van der Waals surface area contributed by atoms with E-state index >= 15 is 0 Å². The van der Waals surface area contributed by atoms with Crippen molar-refractivity contribution >= 4 is 29.2 Å². The van der Waals surface area contributed by atoms with Crippen molar-refractivity contribution in [1.82, 2.24) is 5.32 Å². The van der Waals surface area contributed by atoms with Crippen LogP contribution in [0.25, 0.3) is 0 Å². The highest BCUT2D eigenvalue weighted by Crippen LogP contribution is 2.23. The number of nitrogen functional groups attached to an aromatic ring is 1. The van der Waals surface area contributed by atoms with Gasteiger partial charge >= 0.3 is 5.97 Å². The van der Waals surface area contributed by atoms with Crippen LogP contribution in [-0.2, 0) is 16.0 Å². The molecule has 0 radical (unpaired) electrons. The van der Waals surface area contributed by atoms with Gasteiger partial charge in [-0.2, -0.15) is 0 Å². The minimum absolute atomic E-state index is 0.131. The van der Waals surface area contributed by atoms with Crippen molar-refractivity contribution in [2.45, 2.75) is 19.4 Å². The van der Waals surface area contributed by atoms with Gasteiger partial charge < -0.3 is 20.5 Å². The van der Waals surface area contributed by atoms with Crippen LogP contribution in [-0.4, -0.2) is 31.6 Å². The number of rotatable bonds is 7. The summed E-state index contributed by atoms with van der Waals surface area (Å²) in [5.74, 6) is -0.297. The maximum Gasteiger partial charge on any atom is 0.341 e. The summed E-state index contributed by atoms with van der Waals surface area (Å²) < 4.78 is 10.3. The first kappa shape index (κ1) is 19.6. The fourth-order valence-corrected chi connectivity index (χ4v) is 2.43. The Morgan fingerprint density at radius 3 is 2.54 bits per heavy atom. The summed E-state index contributed by atoms with van der Waals surface area (Å²) in [5.41, 5.74) is 7.08. The zero-order valence-electron chi connectivity index (χ0n) is 14.6. The predicted octanol–water partition coefficient (Wildman–Crippen LogP) is 2.84. The summed E-state index contributed by atoms with van der Waals surface area (Å²) in [6, 6.07) is 12.2. The fourth-order valence-electron chi connectivity index (χ4n) is 2.26.